The molecule has 1 N–H and O–H groups in total. The molecule has 0 bridgehead atoms. The third-order valence-electron chi connectivity index (χ3n) is 6.54. The fraction of sp³-hybridized carbons (Fsp3) is 0.222. The second-order valence-electron chi connectivity index (χ2n) is 8.70. The first-order valence-corrected chi connectivity index (χ1v) is 11.7. The summed E-state index contributed by atoms with van der Waals surface area (Å²) >= 11 is 5.82. The molecule has 0 radical (unpaired) electrons. The van der Waals surface area contributed by atoms with Crippen molar-refractivity contribution in [3.05, 3.63) is 113 Å². The Morgan fingerprint density at radius 2 is 1.79 bits per heavy atom. The van der Waals surface area contributed by atoms with Gasteiger partial charge < -0.3 is 14.8 Å². The Labute approximate surface area is 204 Å². The Morgan fingerprint density at radius 3 is 2.50 bits per heavy atom. The van der Waals surface area contributed by atoms with Gasteiger partial charge in [0.05, 0.1) is 17.8 Å². The first-order valence-electron chi connectivity index (χ1n) is 11.3. The van der Waals surface area contributed by atoms with Gasteiger partial charge in [-0.15, -0.1) is 0 Å². The molecule has 1 aliphatic heterocycles. The molecule has 0 amide bonds. The van der Waals surface area contributed by atoms with Crippen LogP contribution in [0.1, 0.15) is 45.9 Å². The van der Waals surface area contributed by atoms with Crippen LogP contribution >= 0.6 is 12.2 Å². The van der Waals surface area contributed by atoms with E-state index in [4.69, 9.17) is 12.2 Å². The van der Waals surface area contributed by atoms with E-state index >= 15 is 0 Å². The Hall–Kier alpha value is -3.58. The number of rotatable bonds is 5. The van der Waals surface area contributed by atoms with Crippen molar-refractivity contribution in [2.24, 2.45) is 0 Å². The lowest BCUT2D eigenvalue weighted by molar-refractivity contribution is 0.563. The summed E-state index contributed by atoms with van der Waals surface area (Å²) in [5.41, 5.74) is 7.04. The van der Waals surface area contributed by atoms with Crippen molar-refractivity contribution in [2.75, 3.05) is 4.90 Å². The fourth-order valence-electron chi connectivity index (χ4n) is 4.77. The van der Waals surface area contributed by atoms with Gasteiger partial charge in [0.2, 0.25) is 0 Å². The van der Waals surface area contributed by atoms with E-state index in [0.29, 0.717) is 10.7 Å². The van der Waals surface area contributed by atoms with Crippen LogP contribution in [0.3, 0.4) is 0 Å². The molecule has 2 atom stereocenters. The van der Waals surface area contributed by atoms with Crippen LogP contribution in [0.15, 0.2) is 73.2 Å². The van der Waals surface area contributed by atoms with Gasteiger partial charge in [0.1, 0.15) is 5.82 Å². The number of halogens is 1. The van der Waals surface area contributed by atoms with E-state index in [2.05, 4.69) is 44.7 Å². The first kappa shape index (κ1) is 22.2. The number of anilines is 1. The smallest absolute Gasteiger partial charge is 0.174 e. The van der Waals surface area contributed by atoms with Crippen LogP contribution in [0.5, 0.6) is 0 Å². The SMILES string of the molecule is Cc1cc(N2C(=S)N[C@@H](c3ccccn3)[C@@H]2c2cc(C)n(Cc3ccncc3)c2C)ccc1F. The summed E-state index contributed by atoms with van der Waals surface area (Å²) in [5, 5.41) is 4.09. The molecule has 1 saturated heterocycles. The lowest BCUT2D eigenvalue weighted by atomic mass is 9.96. The summed E-state index contributed by atoms with van der Waals surface area (Å²) in [6.07, 6.45) is 5.44. The molecule has 4 heterocycles. The zero-order chi connectivity index (χ0) is 23.8. The highest BCUT2D eigenvalue weighted by atomic mass is 32.1. The first-order chi connectivity index (χ1) is 16.4. The van der Waals surface area contributed by atoms with Crippen LogP contribution in [0, 0.1) is 26.6 Å². The van der Waals surface area contributed by atoms with Gasteiger partial charge in [0, 0.05) is 42.2 Å². The summed E-state index contributed by atoms with van der Waals surface area (Å²) in [6.45, 7) is 6.81. The lowest BCUT2D eigenvalue weighted by Gasteiger charge is -2.28. The van der Waals surface area contributed by atoms with Crippen molar-refractivity contribution in [3.63, 3.8) is 0 Å². The van der Waals surface area contributed by atoms with Gasteiger partial charge in [-0.1, -0.05) is 6.07 Å². The third kappa shape index (κ3) is 3.96. The molecule has 4 aromatic rings. The van der Waals surface area contributed by atoms with Crippen LogP contribution in [-0.2, 0) is 6.54 Å². The van der Waals surface area contributed by atoms with Crippen molar-refractivity contribution in [2.45, 2.75) is 39.4 Å². The summed E-state index contributed by atoms with van der Waals surface area (Å²) in [4.78, 5) is 10.9. The van der Waals surface area contributed by atoms with Gasteiger partial charge in [0.25, 0.3) is 0 Å². The largest absolute Gasteiger partial charge is 0.351 e. The van der Waals surface area contributed by atoms with Crippen LogP contribution < -0.4 is 10.2 Å². The summed E-state index contributed by atoms with van der Waals surface area (Å²) < 4.78 is 16.4. The van der Waals surface area contributed by atoms with E-state index in [1.165, 1.54) is 11.6 Å². The van der Waals surface area contributed by atoms with E-state index < -0.39 is 0 Å². The molecule has 7 heteroatoms. The van der Waals surface area contributed by atoms with Gasteiger partial charge in [-0.3, -0.25) is 9.97 Å². The van der Waals surface area contributed by atoms with E-state index in [1.54, 1.807) is 19.2 Å². The number of aromatic nitrogens is 3. The van der Waals surface area contributed by atoms with Crippen molar-refractivity contribution in [3.8, 4) is 0 Å². The van der Waals surface area contributed by atoms with Crippen LogP contribution in [0.4, 0.5) is 10.1 Å². The average molecular weight is 472 g/mol. The quantitative estimate of drug-likeness (QED) is 0.386. The number of nitrogens with one attached hydrogen (secondary N) is 1. The second kappa shape index (κ2) is 8.99. The van der Waals surface area contributed by atoms with E-state index in [-0.39, 0.29) is 17.9 Å². The molecule has 0 unspecified atom stereocenters. The number of thiocarbonyl (C=S) groups is 1. The number of aryl methyl sites for hydroxylation is 2. The molecular weight excluding hydrogens is 445 g/mol. The maximum absolute atomic E-state index is 14.1. The molecular formula is C27H26FN5S. The Morgan fingerprint density at radius 1 is 1.00 bits per heavy atom. The van der Waals surface area contributed by atoms with Gasteiger partial charge in [-0.2, -0.15) is 0 Å². The average Bonchev–Trinajstić information content (AvgIpc) is 3.33. The maximum atomic E-state index is 14.1. The Balaban J connectivity index is 1.63. The van der Waals surface area contributed by atoms with Gasteiger partial charge in [-0.05, 0) is 98.2 Å². The minimum absolute atomic E-state index is 0.135. The molecule has 1 aromatic carbocycles. The third-order valence-corrected chi connectivity index (χ3v) is 6.85. The fourth-order valence-corrected chi connectivity index (χ4v) is 5.11. The number of pyridine rings is 2. The van der Waals surface area contributed by atoms with Crippen molar-refractivity contribution in [1.29, 1.82) is 0 Å². The van der Waals surface area contributed by atoms with Crippen LogP contribution in [0.25, 0.3) is 0 Å². The second-order valence-corrected chi connectivity index (χ2v) is 9.08. The minimum atomic E-state index is -0.227. The molecule has 3 aromatic heterocycles. The topological polar surface area (TPSA) is 46.0 Å². The number of benzene rings is 1. The van der Waals surface area contributed by atoms with Gasteiger partial charge in [-0.25, -0.2) is 4.39 Å². The molecule has 34 heavy (non-hydrogen) atoms. The summed E-state index contributed by atoms with van der Waals surface area (Å²) in [6, 6.07) is 17.1. The maximum Gasteiger partial charge on any atom is 0.174 e. The normalized spacial score (nSPS) is 17.8. The zero-order valence-electron chi connectivity index (χ0n) is 19.4. The summed E-state index contributed by atoms with van der Waals surface area (Å²) in [5.74, 6) is -0.227. The molecule has 5 nitrogen and oxygen atoms in total. The Kier molecular flexibility index (Phi) is 5.87. The van der Waals surface area contributed by atoms with E-state index in [1.807, 2.05) is 48.8 Å². The van der Waals surface area contributed by atoms with Crippen LogP contribution in [0.2, 0.25) is 0 Å². The molecule has 0 saturated carbocycles. The zero-order valence-corrected chi connectivity index (χ0v) is 20.2. The molecule has 5 rings (SSSR count). The number of hydrogen-bond donors (Lipinski definition) is 1. The highest BCUT2D eigenvalue weighted by Gasteiger charge is 2.42. The monoisotopic (exact) mass is 471 g/mol. The molecule has 1 aliphatic rings. The lowest BCUT2D eigenvalue weighted by Crippen LogP contribution is -2.29. The van der Waals surface area contributed by atoms with Crippen molar-refractivity contribution >= 4 is 23.0 Å². The molecule has 0 spiro atoms. The predicted molar refractivity (Wildman–Crippen MR) is 136 cm³/mol. The van der Waals surface area contributed by atoms with E-state index in [9.17, 15) is 4.39 Å². The van der Waals surface area contributed by atoms with Crippen molar-refractivity contribution < 1.29 is 4.39 Å². The van der Waals surface area contributed by atoms with Gasteiger partial charge >= 0.3 is 0 Å². The highest BCUT2D eigenvalue weighted by molar-refractivity contribution is 7.80. The van der Waals surface area contributed by atoms with E-state index in [0.717, 1.165) is 34.9 Å². The number of nitrogens with zero attached hydrogens (tertiary/aromatic N) is 4. The van der Waals surface area contributed by atoms with Crippen LogP contribution in [-0.4, -0.2) is 19.6 Å². The predicted octanol–water partition coefficient (Wildman–Crippen LogP) is 5.57. The van der Waals surface area contributed by atoms with Crippen molar-refractivity contribution in [1.82, 2.24) is 19.9 Å². The summed E-state index contributed by atoms with van der Waals surface area (Å²) in [7, 11) is 0. The molecule has 1 fully saturated rings. The number of hydrogen-bond acceptors (Lipinski definition) is 3. The molecule has 0 aliphatic carbocycles. The highest BCUT2D eigenvalue weighted by Crippen LogP contribution is 2.43. The van der Waals surface area contributed by atoms with Gasteiger partial charge in [0.15, 0.2) is 5.11 Å². The molecule has 172 valence electrons. The standard InChI is InChI=1S/C27H26FN5S/c1-17-14-21(7-8-23(17)28)33-26(25(31-27(33)34)24-6-4-5-11-30-24)22-15-18(2)32(19(22)3)16-20-9-12-29-13-10-20/h4-15,25-26H,16H2,1-3H3,(H,31,34)/t25-,26-/m0/s1. The Bertz CT molecular complexity index is 1340. The minimum Gasteiger partial charge on any atom is -0.351 e.